The van der Waals surface area contributed by atoms with Gasteiger partial charge in [-0.05, 0) is 57.0 Å². The number of rotatable bonds is 7. The molecule has 10 nitrogen and oxygen atoms in total. The summed E-state index contributed by atoms with van der Waals surface area (Å²) in [5.41, 5.74) is 0.986. The number of hydrogen-bond acceptors (Lipinski definition) is 7. The second-order valence-corrected chi connectivity index (χ2v) is 9.45. The van der Waals surface area contributed by atoms with E-state index in [1.54, 1.807) is 30.3 Å². The number of carbonyl (C=O) groups is 3. The van der Waals surface area contributed by atoms with Crippen LogP contribution in [0.3, 0.4) is 0 Å². The molecule has 0 aliphatic carbocycles. The lowest BCUT2D eigenvalue weighted by atomic mass is 10.0. The molecule has 1 aliphatic heterocycles. The third-order valence-corrected chi connectivity index (χ3v) is 6.49. The van der Waals surface area contributed by atoms with Gasteiger partial charge in [-0.25, -0.2) is 9.78 Å². The maximum absolute atomic E-state index is 13.3. The van der Waals surface area contributed by atoms with Gasteiger partial charge in [-0.15, -0.1) is 0 Å². The molecule has 1 fully saturated rings. The average Bonchev–Trinajstić information content (AvgIpc) is 3.22. The number of piperidine rings is 1. The van der Waals surface area contributed by atoms with Crippen molar-refractivity contribution in [2.75, 3.05) is 25.5 Å². The zero-order valence-corrected chi connectivity index (χ0v) is 21.2. The lowest BCUT2D eigenvalue weighted by Crippen LogP contribution is -2.46. The number of likely N-dealkylation sites (tertiary alicyclic amines) is 1. The first-order chi connectivity index (χ1) is 17.2. The summed E-state index contributed by atoms with van der Waals surface area (Å²) in [6, 6.07) is 8.50. The van der Waals surface area contributed by atoms with E-state index in [4.69, 9.17) is 16.3 Å². The number of ether oxygens (including phenoxy) is 1. The number of esters is 1. The molecule has 0 saturated carbocycles. The summed E-state index contributed by atoms with van der Waals surface area (Å²) in [5, 5.41) is 11.2. The molecule has 2 amide bonds. The number of fused-ring (bicyclic) bond motifs is 1. The maximum atomic E-state index is 13.3. The van der Waals surface area contributed by atoms with Gasteiger partial charge in [-0.2, -0.15) is 5.10 Å². The van der Waals surface area contributed by atoms with Crippen LogP contribution >= 0.6 is 11.6 Å². The number of hydrogen-bond donors (Lipinski definition) is 2. The number of nitrogens with one attached hydrogen (secondary N) is 2. The van der Waals surface area contributed by atoms with Crippen LogP contribution < -0.4 is 10.6 Å². The van der Waals surface area contributed by atoms with E-state index in [2.05, 4.69) is 39.5 Å². The SMILES string of the molecule is COC(=O)c1ccc2c(c1)c(C(=O)NC1CCN(C(C)C)CC1)nn2CC(=O)Nc1ccc(Cl)cn1. The molecule has 3 aromatic rings. The van der Waals surface area contributed by atoms with Crippen molar-refractivity contribution in [1.82, 2.24) is 25.0 Å². The molecule has 4 rings (SSSR count). The lowest BCUT2D eigenvalue weighted by Gasteiger charge is -2.34. The summed E-state index contributed by atoms with van der Waals surface area (Å²) in [6.07, 6.45) is 3.11. The largest absolute Gasteiger partial charge is 0.465 e. The predicted octanol–water partition coefficient (Wildman–Crippen LogP) is 3.11. The zero-order chi connectivity index (χ0) is 25.8. The summed E-state index contributed by atoms with van der Waals surface area (Å²) in [7, 11) is 1.29. The van der Waals surface area contributed by atoms with Crippen LogP contribution in [0.4, 0.5) is 5.82 Å². The first kappa shape index (κ1) is 25.6. The van der Waals surface area contributed by atoms with Gasteiger partial charge in [-0.1, -0.05) is 11.6 Å². The Balaban J connectivity index is 1.57. The number of amides is 2. The molecule has 0 bridgehead atoms. The zero-order valence-electron chi connectivity index (χ0n) is 20.5. The summed E-state index contributed by atoms with van der Waals surface area (Å²) in [5.74, 6) is -0.897. The molecule has 3 heterocycles. The molecule has 1 aliphatic rings. The Labute approximate surface area is 213 Å². The van der Waals surface area contributed by atoms with E-state index in [0.717, 1.165) is 25.9 Å². The van der Waals surface area contributed by atoms with Gasteiger partial charge in [0.1, 0.15) is 12.4 Å². The van der Waals surface area contributed by atoms with Crippen molar-refractivity contribution in [3.05, 3.63) is 52.8 Å². The fourth-order valence-corrected chi connectivity index (χ4v) is 4.41. The molecule has 2 N–H and O–H groups in total. The minimum Gasteiger partial charge on any atom is -0.465 e. The summed E-state index contributed by atoms with van der Waals surface area (Å²) < 4.78 is 6.27. The van der Waals surface area contributed by atoms with Crippen LogP contribution in [0.1, 0.15) is 47.5 Å². The number of anilines is 1. The van der Waals surface area contributed by atoms with E-state index in [0.29, 0.717) is 33.3 Å². The van der Waals surface area contributed by atoms with Crippen molar-refractivity contribution in [2.45, 2.75) is 45.3 Å². The Hall–Kier alpha value is -3.50. The van der Waals surface area contributed by atoms with Crippen LogP contribution in [0, 0.1) is 0 Å². The molecule has 0 spiro atoms. The standard InChI is InChI=1S/C25H29ClN6O4/c1-15(2)31-10-8-18(9-11-31)28-24(34)23-19-12-16(25(35)36-3)4-6-20(19)32(30-23)14-22(33)29-21-7-5-17(26)13-27-21/h4-7,12-13,15,18H,8-11,14H2,1-3H3,(H,28,34)(H,27,29,33). The number of nitrogens with zero attached hydrogens (tertiary/aromatic N) is 4. The monoisotopic (exact) mass is 512 g/mol. The number of methoxy groups -OCH3 is 1. The molecule has 11 heteroatoms. The molecule has 0 atom stereocenters. The summed E-state index contributed by atoms with van der Waals surface area (Å²) >= 11 is 5.85. The summed E-state index contributed by atoms with van der Waals surface area (Å²) in [6.45, 7) is 5.98. The molecular weight excluding hydrogens is 484 g/mol. The van der Waals surface area contributed by atoms with E-state index in [-0.39, 0.29) is 30.1 Å². The van der Waals surface area contributed by atoms with Gasteiger partial charge in [0.25, 0.3) is 5.91 Å². The Morgan fingerprint density at radius 1 is 1.17 bits per heavy atom. The average molecular weight is 513 g/mol. The highest BCUT2D eigenvalue weighted by Gasteiger charge is 2.26. The quantitative estimate of drug-likeness (QED) is 0.467. The van der Waals surface area contributed by atoms with E-state index in [1.807, 2.05) is 0 Å². The Kier molecular flexibility index (Phi) is 7.85. The number of pyridine rings is 1. The molecule has 1 aromatic carbocycles. The van der Waals surface area contributed by atoms with Crippen LogP contribution in [0.5, 0.6) is 0 Å². The first-order valence-electron chi connectivity index (χ1n) is 11.8. The van der Waals surface area contributed by atoms with Gasteiger partial charge in [0.15, 0.2) is 5.69 Å². The number of aromatic nitrogens is 3. The first-order valence-corrected chi connectivity index (χ1v) is 12.2. The van der Waals surface area contributed by atoms with Crippen molar-refractivity contribution in [3.63, 3.8) is 0 Å². The highest BCUT2D eigenvalue weighted by atomic mass is 35.5. The van der Waals surface area contributed by atoms with Gasteiger partial charge in [0.05, 0.1) is 23.2 Å². The topological polar surface area (TPSA) is 118 Å². The van der Waals surface area contributed by atoms with Crippen LogP contribution in [-0.2, 0) is 16.1 Å². The highest BCUT2D eigenvalue weighted by molar-refractivity contribution is 6.30. The van der Waals surface area contributed by atoms with Crippen molar-refractivity contribution < 1.29 is 19.1 Å². The molecule has 1 saturated heterocycles. The smallest absolute Gasteiger partial charge is 0.337 e. The fraction of sp³-hybridized carbons (Fsp3) is 0.400. The second-order valence-electron chi connectivity index (χ2n) is 9.02. The van der Waals surface area contributed by atoms with Crippen LogP contribution in [-0.4, -0.2) is 69.7 Å². The fourth-order valence-electron chi connectivity index (χ4n) is 4.29. The van der Waals surface area contributed by atoms with Gasteiger partial charge in [0, 0.05) is 36.8 Å². The summed E-state index contributed by atoms with van der Waals surface area (Å²) in [4.78, 5) is 44.5. The minimum atomic E-state index is -0.524. The van der Waals surface area contributed by atoms with Gasteiger partial charge in [0.2, 0.25) is 5.91 Å². The Morgan fingerprint density at radius 2 is 1.92 bits per heavy atom. The molecule has 2 aromatic heterocycles. The minimum absolute atomic E-state index is 0.0239. The van der Waals surface area contributed by atoms with Gasteiger partial charge >= 0.3 is 5.97 Å². The molecule has 190 valence electrons. The maximum Gasteiger partial charge on any atom is 0.337 e. The van der Waals surface area contributed by atoms with Crippen molar-refractivity contribution in [3.8, 4) is 0 Å². The number of halogens is 1. The Bertz CT molecular complexity index is 1270. The molecule has 0 unspecified atom stereocenters. The van der Waals surface area contributed by atoms with Crippen LogP contribution in [0.15, 0.2) is 36.5 Å². The Morgan fingerprint density at radius 3 is 2.56 bits per heavy atom. The van der Waals surface area contributed by atoms with E-state index in [1.165, 1.54) is 18.0 Å². The van der Waals surface area contributed by atoms with E-state index >= 15 is 0 Å². The van der Waals surface area contributed by atoms with Crippen molar-refractivity contribution >= 4 is 46.1 Å². The molecular formula is C25H29ClN6O4. The molecule has 0 radical (unpaired) electrons. The third kappa shape index (κ3) is 5.83. The predicted molar refractivity (Wildman–Crippen MR) is 136 cm³/mol. The highest BCUT2D eigenvalue weighted by Crippen LogP contribution is 2.22. The number of benzene rings is 1. The van der Waals surface area contributed by atoms with E-state index < -0.39 is 5.97 Å². The molecule has 36 heavy (non-hydrogen) atoms. The van der Waals surface area contributed by atoms with Crippen molar-refractivity contribution in [1.29, 1.82) is 0 Å². The second kappa shape index (κ2) is 11.0. The van der Waals surface area contributed by atoms with Crippen LogP contribution in [0.2, 0.25) is 5.02 Å². The normalized spacial score (nSPS) is 14.7. The van der Waals surface area contributed by atoms with Gasteiger partial charge < -0.3 is 20.3 Å². The van der Waals surface area contributed by atoms with Crippen LogP contribution in [0.25, 0.3) is 10.9 Å². The third-order valence-electron chi connectivity index (χ3n) is 6.27. The van der Waals surface area contributed by atoms with Gasteiger partial charge in [-0.3, -0.25) is 14.3 Å². The number of carbonyl (C=O) groups excluding carboxylic acids is 3. The van der Waals surface area contributed by atoms with E-state index in [9.17, 15) is 14.4 Å². The lowest BCUT2D eigenvalue weighted by molar-refractivity contribution is -0.116. The van der Waals surface area contributed by atoms with Crippen molar-refractivity contribution in [2.24, 2.45) is 0 Å².